The zero-order chi connectivity index (χ0) is 11.7. The number of hydrogen-bond acceptors (Lipinski definition) is 3. The Balaban J connectivity index is 2.46. The third kappa shape index (κ3) is 2.05. The highest BCUT2D eigenvalue weighted by Gasteiger charge is 2.21. The van der Waals surface area contributed by atoms with Gasteiger partial charge in [-0.15, -0.1) is 11.6 Å². The minimum Gasteiger partial charge on any atom is -0.314 e. The van der Waals surface area contributed by atoms with Crippen molar-refractivity contribution in [1.82, 2.24) is 0 Å². The number of amides is 1. The van der Waals surface area contributed by atoms with Gasteiger partial charge in [-0.3, -0.25) is 9.59 Å². The molecule has 84 valence electrons. The second kappa shape index (κ2) is 4.43. The molecule has 0 saturated heterocycles. The Hall–Kier alpha value is -1.07. The molecule has 1 aliphatic rings. The molecular formula is C10H7ClFNO2S. The van der Waals surface area contributed by atoms with E-state index in [9.17, 15) is 14.0 Å². The van der Waals surface area contributed by atoms with Crippen LogP contribution in [-0.4, -0.2) is 16.9 Å². The van der Waals surface area contributed by atoms with Crippen molar-refractivity contribution in [3.05, 3.63) is 29.1 Å². The molecule has 0 saturated carbocycles. The predicted octanol–water partition coefficient (Wildman–Crippen LogP) is 3.03. The van der Waals surface area contributed by atoms with Crippen LogP contribution in [0.5, 0.6) is 0 Å². The molecule has 1 amide bonds. The lowest BCUT2D eigenvalue weighted by molar-refractivity contribution is 0.102. The second-order valence-corrected chi connectivity index (χ2v) is 4.47. The molecule has 3 nitrogen and oxygen atoms in total. The van der Waals surface area contributed by atoms with Crippen molar-refractivity contribution in [2.24, 2.45) is 0 Å². The van der Waals surface area contributed by atoms with Crippen LogP contribution < -0.4 is 5.32 Å². The second-order valence-electron chi connectivity index (χ2n) is 3.25. The lowest BCUT2D eigenvalue weighted by Gasteiger charge is -2.17. The number of ketones is 1. The Morgan fingerprint density at radius 3 is 3.00 bits per heavy atom. The van der Waals surface area contributed by atoms with Gasteiger partial charge >= 0.3 is 0 Å². The Morgan fingerprint density at radius 1 is 1.56 bits per heavy atom. The van der Waals surface area contributed by atoms with Crippen LogP contribution in [0.3, 0.4) is 0 Å². The van der Waals surface area contributed by atoms with Crippen molar-refractivity contribution >= 4 is 40.1 Å². The van der Waals surface area contributed by atoms with E-state index in [4.69, 9.17) is 11.6 Å². The minimum absolute atomic E-state index is 0.162. The largest absolute Gasteiger partial charge is 0.314 e. The van der Waals surface area contributed by atoms with Gasteiger partial charge in [0.15, 0.2) is 5.78 Å². The van der Waals surface area contributed by atoms with Gasteiger partial charge in [-0.1, -0.05) is 11.8 Å². The number of fused-ring (bicyclic) bond motifs is 1. The van der Waals surface area contributed by atoms with E-state index < -0.39 is 5.82 Å². The number of thioether (sulfide) groups is 1. The summed E-state index contributed by atoms with van der Waals surface area (Å²) < 4.78 is 13.6. The number of carbonyl (C=O) groups excluding carboxylic acids is 2. The Bertz CT molecular complexity index is 478. The summed E-state index contributed by atoms with van der Waals surface area (Å²) >= 11 is 6.43. The number of hydrogen-bond donors (Lipinski definition) is 1. The average molecular weight is 260 g/mol. The number of Topliss-reactive ketones (excluding diaryl/α,β-unsaturated/α-hetero) is 1. The fourth-order valence-corrected chi connectivity index (χ4v) is 2.28. The van der Waals surface area contributed by atoms with E-state index in [1.807, 2.05) is 0 Å². The molecule has 1 aliphatic heterocycles. The van der Waals surface area contributed by atoms with Gasteiger partial charge in [0, 0.05) is 11.3 Å². The normalized spacial score (nSPS) is 14.2. The molecule has 1 N–H and O–H groups in total. The van der Waals surface area contributed by atoms with Crippen molar-refractivity contribution in [1.29, 1.82) is 0 Å². The SMILES string of the molecule is O=C1Nc2c(F)cc(C(=O)CCl)cc2CS1. The standard InChI is InChI=1S/C10H7ClFNO2S/c11-3-8(14)5-1-6-4-16-10(15)13-9(6)7(12)2-5/h1-2H,3-4H2,(H,13,15). The van der Waals surface area contributed by atoms with E-state index in [0.717, 1.165) is 17.8 Å². The summed E-state index contributed by atoms with van der Waals surface area (Å²) in [6.45, 7) is 0. The van der Waals surface area contributed by atoms with E-state index >= 15 is 0 Å². The highest BCUT2D eigenvalue weighted by Crippen LogP contribution is 2.31. The zero-order valence-corrected chi connectivity index (χ0v) is 9.62. The number of halogens is 2. The summed E-state index contributed by atoms with van der Waals surface area (Å²) in [6.07, 6.45) is 0. The van der Waals surface area contributed by atoms with Crippen molar-refractivity contribution in [2.75, 3.05) is 11.2 Å². The van der Waals surface area contributed by atoms with Crippen LogP contribution in [0.1, 0.15) is 15.9 Å². The van der Waals surface area contributed by atoms with Gasteiger partial charge in [-0.2, -0.15) is 0 Å². The Labute approximate surface area is 100 Å². The Kier molecular flexibility index (Phi) is 3.16. The van der Waals surface area contributed by atoms with E-state index in [1.165, 1.54) is 0 Å². The van der Waals surface area contributed by atoms with Crippen LogP contribution in [-0.2, 0) is 5.75 Å². The third-order valence-corrected chi connectivity index (χ3v) is 3.26. The monoisotopic (exact) mass is 259 g/mol. The predicted molar refractivity (Wildman–Crippen MR) is 61.8 cm³/mol. The fraction of sp³-hybridized carbons (Fsp3) is 0.200. The zero-order valence-electron chi connectivity index (χ0n) is 8.05. The van der Waals surface area contributed by atoms with E-state index in [-0.39, 0.29) is 28.2 Å². The van der Waals surface area contributed by atoms with Crippen LogP contribution in [0.15, 0.2) is 12.1 Å². The molecule has 0 radical (unpaired) electrons. The van der Waals surface area contributed by atoms with Crippen LogP contribution >= 0.6 is 23.4 Å². The number of carbonyl (C=O) groups is 2. The van der Waals surface area contributed by atoms with Gasteiger partial charge in [0.2, 0.25) is 0 Å². The smallest absolute Gasteiger partial charge is 0.283 e. The molecule has 0 unspecified atom stereocenters. The lowest BCUT2D eigenvalue weighted by atomic mass is 10.1. The molecule has 0 spiro atoms. The summed E-state index contributed by atoms with van der Waals surface area (Å²) in [6, 6.07) is 2.66. The van der Waals surface area contributed by atoms with Crippen molar-refractivity contribution < 1.29 is 14.0 Å². The summed E-state index contributed by atoms with van der Waals surface area (Å²) in [5.74, 6) is -0.746. The third-order valence-electron chi connectivity index (χ3n) is 2.20. The number of nitrogens with one attached hydrogen (secondary N) is 1. The van der Waals surface area contributed by atoms with Crippen molar-refractivity contribution in [3.63, 3.8) is 0 Å². The maximum atomic E-state index is 13.6. The van der Waals surface area contributed by atoms with Gasteiger partial charge in [0.1, 0.15) is 5.82 Å². The first kappa shape index (κ1) is 11.4. The van der Waals surface area contributed by atoms with E-state index in [2.05, 4.69) is 5.32 Å². The maximum Gasteiger partial charge on any atom is 0.283 e. The molecule has 6 heteroatoms. The summed E-state index contributed by atoms with van der Waals surface area (Å²) in [4.78, 5) is 22.4. The average Bonchev–Trinajstić information content (AvgIpc) is 2.28. The summed E-state index contributed by atoms with van der Waals surface area (Å²) in [5.41, 5.74) is 1.01. The number of anilines is 1. The van der Waals surface area contributed by atoms with E-state index in [0.29, 0.717) is 11.3 Å². The first-order valence-electron chi connectivity index (χ1n) is 4.47. The number of alkyl halides is 1. The summed E-state index contributed by atoms with van der Waals surface area (Å²) in [5, 5.41) is 2.13. The molecule has 0 aromatic heterocycles. The van der Waals surface area contributed by atoms with Crippen molar-refractivity contribution in [2.45, 2.75) is 5.75 Å². The quantitative estimate of drug-likeness (QED) is 0.656. The molecule has 1 aromatic rings. The molecular weight excluding hydrogens is 253 g/mol. The number of benzene rings is 1. The molecule has 2 rings (SSSR count). The summed E-state index contributed by atoms with van der Waals surface area (Å²) in [7, 11) is 0. The molecule has 0 aliphatic carbocycles. The van der Waals surface area contributed by atoms with E-state index in [1.54, 1.807) is 6.07 Å². The van der Waals surface area contributed by atoms with Crippen molar-refractivity contribution in [3.8, 4) is 0 Å². The first-order chi connectivity index (χ1) is 7.61. The number of rotatable bonds is 2. The molecule has 0 bridgehead atoms. The van der Waals surface area contributed by atoms with Gasteiger partial charge < -0.3 is 5.32 Å². The minimum atomic E-state index is -0.598. The molecule has 0 atom stereocenters. The highest BCUT2D eigenvalue weighted by molar-refractivity contribution is 8.13. The van der Waals surface area contributed by atoms with Crippen LogP contribution in [0.4, 0.5) is 14.9 Å². The van der Waals surface area contributed by atoms with Gasteiger partial charge in [-0.25, -0.2) is 4.39 Å². The van der Waals surface area contributed by atoms with Crippen LogP contribution in [0.2, 0.25) is 0 Å². The molecule has 1 aromatic carbocycles. The molecule has 0 fully saturated rings. The topological polar surface area (TPSA) is 46.2 Å². The lowest BCUT2D eigenvalue weighted by Crippen LogP contribution is -2.15. The highest BCUT2D eigenvalue weighted by atomic mass is 35.5. The van der Waals surface area contributed by atoms with Crippen LogP contribution in [0.25, 0.3) is 0 Å². The molecule has 1 heterocycles. The maximum absolute atomic E-state index is 13.6. The van der Waals surface area contributed by atoms with Crippen LogP contribution in [0, 0.1) is 5.82 Å². The van der Waals surface area contributed by atoms with Gasteiger partial charge in [0.25, 0.3) is 5.24 Å². The Morgan fingerprint density at radius 2 is 2.31 bits per heavy atom. The van der Waals surface area contributed by atoms with Gasteiger partial charge in [0.05, 0.1) is 11.6 Å². The first-order valence-corrected chi connectivity index (χ1v) is 5.99. The fourth-order valence-electron chi connectivity index (χ4n) is 1.44. The van der Waals surface area contributed by atoms with Gasteiger partial charge in [-0.05, 0) is 17.7 Å². The molecule has 16 heavy (non-hydrogen) atoms.